The normalized spacial score (nSPS) is 15.8. The third-order valence-corrected chi connectivity index (χ3v) is 8.21. The monoisotopic (exact) mass is 533 g/mol. The molecule has 7 nitrogen and oxygen atoms in total. The molecule has 0 aliphatic carbocycles. The molecule has 0 bridgehead atoms. The van der Waals surface area contributed by atoms with Gasteiger partial charge in [0.15, 0.2) is 0 Å². The Hall–Kier alpha value is -3.23. The molecule has 8 heteroatoms. The highest BCUT2D eigenvalue weighted by molar-refractivity contribution is 7.09. The summed E-state index contributed by atoms with van der Waals surface area (Å²) in [6, 6.07) is 10.4. The third-order valence-electron chi connectivity index (χ3n) is 7.25. The Morgan fingerprint density at radius 3 is 2.92 bits per heavy atom. The van der Waals surface area contributed by atoms with Gasteiger partial charge in [-0.1, -0.05) is 18.2 Å². The van der Waals surface area contributed by atoms with Gasteiger partial charge in [0.1, 0.15) is 11.6 Å². The molecule has 5 rings (SSSR count). The Labute approximate surface area is 227 Å². The van der Waals surface area contributed by atoms with Crippen LogP contribution in [0, 0.1) is 0 Å². The molecule has 2 N–H and O–H groups in total. The number of hydrogen-bond donors (Lipinski definition) is 2. The van der Waals surface area contributed by atoms with Crippen molar-refractivity contribution in [2.75, 3.05) is 32.2 Å². The van der Waals surface area contributed by atoms with Crippen molar-refractivity contribution >= 4 is 28.7 Å². The van der Waals surface area contributed by atoms with Crippen molar-refractivity contribution < 1.29 is 19.4 Å². The highest BCUT2D eigenvalue weighted by atomic mass is 32.1. The summed E-state index contributed by atoms with van der Waals surface area (Å²) < 4.78 is 11.1. The van der Waals surface area contributed by atoms with Crippen molar-refractivity contribution in [2.45, 2.75) is 57.3 Å². The topological polar surface area (TPSA) is 93.6 Å². The second-order valence-corrected chi connectivity index (χ2v) is 10.9. The predicted molar refractivity (Wildman–Crippen MR) is 150 cm³/mol. The van der Waals surface area contributed by atoms with E-state index in [0.717, 1.165) is 77.7 Å². The van der Waals surface area contributed by atoms with E-state index in [9.17, 15) is 9.90 Å². The van der Waals surface area contributed by atoms with Gasteiger partial charge in [0.2, 0.25) is 0 Å². The second kappa shape index (κ2) is 12.5. The van der Waals surface area contributed by atoms with Crippen molar-refractivity contribution in [1.29, 1.82) is 0 Å². The quantitative estimate of drug-likeness (QED) is 0.327. The van der Waals surface area contributed by atoms with E-state index in [1.807, 2.05) is 12.1 Å². The van der Waals surface area contributed by atoms with E-state index < -0.39 is 5.97 Å². The molecule has 0 saturated heterocycles. The zero-order valence-electron chi connectivity index (χ0n) is 21.9. The standard InChI is InChI=1S/C30H35N3O4S/c1-36-27-10-8-22(20-11-14-37-15-12-20)17-26(27)23(18-29(34)35)16-25-19-38-28(32-25)6-2-5-24-9-7-21-4-3-13-31-30(21)33-24/h7-11,17,19,23H,2-6,12-16,18H2,1H3,(H,31,33)(H,34,35)/t23-/m1/s1. The zero-order valence-corrected chi connectivity index (χ0v) is 22.7. The number of aromatic nitrogens is 2. The molecule has 0 unspecified atom stereocenters. The molecule has 0 saturated carbocycles. The van der Waals surface area contributed by atoms with Crippen LogP contribution in [-0.4, -0.2) is 47.9 Å². The summed E-state index contributed by atoms with van der Waals surface area (Å²) in [6.07, 6.45) is 8.57. The largest absolute Gasteiger partial charge is 0.496 e. The summed E-state index contributed by atoms with van der Waals surface area (Å²) in [5.74, 6) is 0.706. The Kier molecular flexibility index (Phi) is 8.71. The molecular weight excluding hydrogens is 498 g/mol. The highest BCUT2D eigenvalue weighted by Gasteiger charge is 2.23. The van der Waals surface area contributed by atoms with E-state index >= 15 is 0 Å². The van der Waals surface area contributed by atoms with Crippen molar-refractivity contribution in [3.63, 3.8) is 0 Å². The first-order valence-corrected chi connectivity index (χ1v) is 14.3. The van der Waals surface area contributed by atoms with Crippen LogP contribution in [0.3, 0.4) is 0 Å². The van der Waals surface area contributed by atoms with Crippen LogP contribution in [0.15, 0.2) is 41.8 Å². The van der Waals surface area contributed by atoms with Gasteiger partial charge in [-0.2, -0.15) is 0 Å². The lowest BCUT2D eigenvalue weighted by atomic mass is 9.88. The first kappa shape index (κ1) is 26.4. The number of methoxy groups -OCH3 is 1. The maximum atomic E-state index is 11.8. The van der Waals surface area contributed by atoms with Gasteiger partial charge >= 0.3 is 5.97 Å². The molecule has 0 fully saturated rings. The first-order valence-electron chi connectivity index (χ1n) is 13.4. The van der Waals surface area contributed by atoms with Gasteiger partial charge in [-0.3, -0.25) is 4.79 Å². The van der Waals surface area contributed by atoms with Crippen molar-refractivity contribution in [1.82, 2.24) is 9.97 Å². The number of aliphatic carboxylic acids is 1. The number of carbonyl (C=O) groups is 1. The zero-order chi connectivity index (χ0) is 26.3. The number of carboxylic acid groups (broad SMARTS) is 1. The molecule has 1 aromatic carbocycles. The number of rotatable bonds is 11. The van der Waals surface area contributed by atoms with Gasteiger partial charge in [0.25, 0.3) is 0 Å². The van der Waals surface area contributed by atoms with Gasteiger partial charge in [0.05, 0.1) is 37.4 Å². The van der Waals surface area contributed by atoms with E-state index in [4.69, 9.17) is 19.4 Å². The fourth-order valence-corrected chi connectivity index (χ4v) is 6.14. The summed E-state index contributed by atoms with van der Waals surface area (Å²) in [6.45, 7) is 2.31. The van der Waals surface area contributed by atoms with Crippen LogP contribution in [0.5, 0.6) is 5.75 Å². The Bertz CT molecular complexity index is 1300. The van der Waals surface area contributed by atoms with E-state index in [-0.39, 0.29) is 12.3 Å². The van der Waals surface area contributed by atoms with Crippen LogP contribution in [0.2, 0.25) is 0 Å². The summed E-state index contributed by atoms with van der Waals surface area (Å²) in [5, 5.41) is 16.3. The van der Waals surface area contributed by atoms with Crippen LogP contribution < -0.4 is 10.1 Å². The molecule has 0 amide bonds. The summed E-state index contributed by atoms with van der Waals surface area (Å²) in [5.41, 5.74) is 6.61. The van der Waals surface area contributed by atoms with Crippen molar-refractivity contribution in [3.8, 4) is 5.75 Å². The minimum Gasteiger partial charge on any atom is -0.496 e. The fraction of sp³-hybridized carbons (Fsp3) is 0.433. The lowest BCUT2D eigenvalue weighted by molar-refractivity contribution is -0.137. The van der Waals surface area contributed by atoms with Gasteiger partial charge in [0, 0.05) is 23.5 Å². The molecular formula is C30H35N3O4S. The van der Waals surface area contributed by atoms with Crippen LogP contribution >= 0.6 is 11.3 Å². The predicted octanol–water partition coefficient (Wildman–Crippen LogP) is 5.68. The van der Waals surface area contributed by atoms with E-state index in [1.54, 1.807) is 18.4 Å². The number of hydrogen-bond acceptors (Lipinski definition) is 7. The third kappa shape index (κ3) is 6.60. The van der Waals surface area contributed by atoms with Gasteiger partial charge in [-0.25, -0.2) is 9.97 Å². The molecule has 4 heterocycles. The SMILES string of the molecule is COc1ccc(C2=CCOCC2)cc1[C@@H](CC(=O)O)Cc1csc(CCCc2ccc3c(n2)NCCC3)n1. The minimum atomic E-state index is -0.824. The fourth-order valence-electron chi connectivity index (χ4n) is 5.28. The maximum Gasteiger partial charge on any atom is 0.303 e. The molecule has 2 aliphatic rings. The van der Waals surface area contributed by atoms with Crippen LogP contribution in [0.1, 0.15) is 64.7 Å². The molecule has 3 aromatic rings. The number of carboxylic acids is 1. The van der Waals surface area contributed by atoms with Gasteiger partial charge in [-0.15, -0.1) is 11.3 Å². The van der Waals surface area contributed by atoms with Crippen LogP contribution in [0.4, 0.5) is 5.82 Å². The van der Waals surface area contributed by atoms with Crippen LogP contribution in [0.25, 0.3) is 5.57 Å². The number of pyridine rings is 1. The summed E-state index contributed by atoms with van der Waals surface area (Å²) in [7, 11) is 1.64. The molecule has 38 heavy (non-hydrogen) atoms. The molecule has 0 spiro atoms. The van der Waals surface area contributed by atoms with Crippen molar-refractivity contribution in [2.24, 2.45) is 0 Å². The lowest BCUT2D eigenvalue weighted by Gasteiger charge is -2.21. The molecule has 2 aromatic heterocycles. The summed E-state index contributed by atoms with van der Waals surface area (Å²) in [4.78, 5) is 21.5. The average Bonchev–Trinajstić information content (AvgIpc) is 3.39. The molecule has 1 atom stereocenters. The first-order chi connectivity index (χ1) is 18.6. The molecule has 0 radical (unpaired) electrons. The number of fused-ring (bicyclic) bond motifs is 1. The van der Waals surface area contributed by atoms with E-state index in [2.05, 4.69) is 35.0 Å². The smallest absolute Gasteiger partial charge is 0.303 e. The Morgan fingerprint density at radius 1 is 1.18 bits per heavy atom. The molecule has 200 valence electrons. The Balaban J connectivity index is 1.26. The summed E-state index contributed by atoms with van der Waals surface area (Å²) >= 11 is 1.65. The Morgan fingerprint density at radius 2 is 2.11 bits per heavy atom. The number of thiazole rings is 1. The highest BCUT2D eigenvalue weighted by Crippen LogP contribution is 2.35. The number of nitrogens with one attached hydrogen (secondary N) is 1. The lowest BCUT2D eigenvalue weighted by Crippen LogP contribution is -2.14. The van der Waals surface area contributed by atoms with E-state index in [1.165, 1.54) is 17.6 Å². The average molecular weight is 534 g/mol. The molecule has 2 aliphatic heterocycles. The number of nitrogens with zero attached hydrogens (tertiary/aromatic N) is 2. The number of anilines is 1. The second-order valence-electron chi connectivity index (χ2n) is 9.94. The van der Waals surface area contributed by atoms with E-state index in [0.29, 0.717) is 19.6 Å². The minimum absolute atomic E-state index is 0.0207. The van der Waals surface area contributed by atoms with Crippen molar-refractivity contribution in [3.05, 3.63) is 74.9 Å². The van der Waals surface area contributed by atoms with Gasteiger partial charge in [-0.05, 0) is 85.4 Å². The number of aryl methyl sites for hydroxylation is 3. The number of benzene rings is 1. The van der Waals surface area contributed by atoms with Gasteiger partial charge < -0.3 is 19.9 Å². The maximum absolute atomic E-state index is 11.8. The van der Waals surface area contributed by atoms with Crippen LogP contribution in [-0.2, 0) is 35.2 Å². The number of ether oxygens (including phenoxy) is 2.